The third kappa shape index (κ3) is 5.21. The maximum Gasteiger partial charge on any atom is 0.526 e. The highest BCUT2D eigenvalue weighted by Crippen LogP contribution is 2.39. The molecular formula is C20H23BF2O8. The number of ether oxygens (including phenoxy) is 3. The molecule has 11 heteroatoms. The van der Waals surface area contributed by atoms with Crippen LogP contribution in [0.2, 0.25) is 5.82 Å². The molecular weight excluding hydrogens is 417 g/mol. The maximum absolute atomic E-state index is 13.1. The molecule has 1 fully saturated rings. The Morgan fingerprint density at radius 1 is 1.32 bits per heavy atom. The van der Waals surface area contributed by atoms with Crippen LogP contribution in [0.3, 0.4) is 0 Å². The van der Waals surface area contributed by atoms with Gasteiger partial charge in [0.1, 0.15) is 17.1 Å². The second-order valence-electron chi connectivity index (χ2n) is 8.48. The zero-order valence-electron chi connectivity index (χ0n) is 17.6. The van der Waals surface area contributed by atoms with Gasteiger partial charge in [-0.1, -0.05) is 12.1 Å². The molecule has 31 heavy (non-hydrogen) atoms. The molecule has 3 rings (SSSR count). The van der Waals surface area contributed by atoms with Crippen LogP contribution in [0.5, 0.6) is 5.75 Å². The first kappa shape index (κ1) is 23.1. The smallest absolute Gasteiger partial charge is 0.526 e. The number of benzene rings is 1. The van der Waals surface area contributed by atoms with Gasteiger partial charge in [-0.25, -0.2) is 18.4 Å². The lowest BCUT2D eigenvalue weighted by molar-refractivity contribution is -0.221. The van der Waals surface area contributed by atoms with Crippen LogP contribution < -0.4 is 4.65 Å². The summed E-state index contributed by atoms with van der Waals surface area (Å²) in [6.07, 6.45) is -1.10. The van der Waals surface area contributed by atoms with E-state index in [0.29, 0.717) is 12.5 Å². The Bertz CT molecular complexity index is 913. The van der Waals surface area contributed by atoms with Gasteiger partial charge in [0.25, 0.3) is 5.92 Å². The molecule has 0 spiro atoms. The third-order valence-corrected chi connectivity index (χ3v) is 4.88. The number of esters is 2. The zero-order chi connectivity index (χ0) is 23.2. The SMILES string of the molecule is CC(F)(F)CC(=O)C[C@H]1Cc2cccc(C(=O)OC3(C)OC(C)(C)OC3=O)c2OB1O. The average Bonchev–Trinajstić information content (AvgIpc) is 2.79. The van der Waals surface area contributed by atoms with E-state index >= 15 is 0 Å². The van der Waals surface area contributed by atoms with Crippen molar-refractivity contribution in [1.29, 1.82) is 0 Å². The van der Waals surface area contributed by atoms with Gasteiger partial charge < -0.3 is 19.2 Å². The highest BCUT2D eigenvalue weighted by atomic mass is 19.3. The molecule has 0 aliphatic carbocycles. The highest BCUT2D eigenvalue weighted by molar-refractivity contribution is 6.47. The molecule has 2 heterocycles. The standard InChI is InChI=1S/C20H23BF2O8/c1-18(2)29-17(26)20(4,31-18)28-16(25)14-7-5-6-11-8-12(21(27)30-15(11)14)9-13(24)10-19(3,22)23/h5-7,12,27H,8-10H2,1-4H3/t12-,20?/m1/s1. The molecule has 1 N–H and O–H groups in total. The Morgan fingerprint density at radius 2 is 2.00 bits per heavy atom. The van der Waals surface area contributed by atoms with Gasteiger partial charge in [-0.3, -0.25) is 9.53 Å². The molecule has 2 atom stereocenters. The third-order valence-electron chi connectivity index (χ3n) is 4.88. The van der Waals surface area contributed by atoms with Crippen LogP contribution in [-0.4, -0.2) is 47.4 Å². The van der Waals surface area contributed by atoms with Gasteiger partial charge in [-0.05, 0) is 25.0 Å². The van der Waals surface area contributed by atoms with Gasteiger partial charge >= 0.3 is 24.8 Å². The van der Waals surface area contributed by atoms with Crippen molar-refractivity contribution < 1.29 is 47.1 Å². The Kier molecular flexibility index (Phi) is 5.87. The summed E-state index contributed by atoms with van der Waals surface area (Å²) in [5, 5.41) is 10.3. The van der Waals surface area contributed by atoms with Crippen molar-refractivity contribution >= 4 is 24.8 Å². The second-order valence-corrected chi connectivity index (χ2v) is 8.48. The number of rotatable bonds is 6. The number of Topliss-reactive ketones (excluding diaryl/α,β-unsaturated/α-hetero) is 1. The summed E-state index contributed by atoms with van der Waals surface area (Å²) >= 11 is 0. The van der Waals surface area contributed by atoms with E-state index < -0.39 is 54.6 Å². The number of para-hydroxylation sites is 1. The van der Waals surface area contributed by atoms with Gasteiger partial charge in [0.2, 0.25) is 5.79 Å². The first-order valence-corrected chi connectivity index (χ1v) is 9.72. The van der Waals surface area contributed by atoms with Crippen molar-refractivity contribution in [3.63, 3.8) is 0 Å². The summed E-state index contributed by atoms with van der Waals surface area (Å²) < 4.78 is 47.3. The molecule has 1 aromatic carbocycles. The van der Waals surface area contributed by atoms with Gasteiger partial charge in [0, 0.05) is 33.0 Å². The van der Waals surface area contributed by atoms with Crippen molar-refractivity contribution in [1.82, 2.24) is 0 Å². The fraction of sp³-hybridized carbons (Fsp3) is 0.550. The Balaban J connectivity index is 1.76. The van der Waals surface area contributed by atoms with E-state index in [9.17, 15) is 28.2 Å². The number of hydrogen-bond donors (Lipinski definition) is 1. The maximum atomic E-state index is 13.1. The lowest BCUT2D eigenvalue weighted by atomic mass is 9.64. The fourth-order valence-electron chi connectivity index (χ4n) is 3.67. The summed E-state index contributed by atoms with van der Waals surface area (Å²) in [6, 6.07) is 4.54. The first-order chi connectivity index (χ1) is 14.2. The summed E-state index contributed by atoms with van der Waals surface area (Å²) in [7, 11) is -1.49. The zero-order valence-corrected chi connectivity index (χ0v) is 17.6. The molecule has 1 aromatic rings. The van der Waals surface area contributed by atoms with Crippen molar-refractivity contribution in [3.8, 4) is 5.75 Å². The summed E-state index contributed by atoms with van der Waals surface area (Å²) in [6.45, 7) is 4.88. The van der Waals surface area contributed by atoms with E-state index in [2.05, 4.69) is 0 Å². The molecule has 2 aliphatic rings. The van der Waals surface area contributed by atoms with Crippen molar-refractivity contribution in [2.45, 2.75) is 70.3 Å². The molecule has 8 nitrogen and oxygen atoms in total. The van der Waals surface area contributed by atoms with Crippen molar-refractivity contribution in [2.24, 2.45) is 0 Å². The van der Waals surface area contributed by atoms with E-state index in [1.54, 1.807) is 6.07 Å². The number of alkyl halides is 2. The molecule has 0 radical (unpaired) electrons. The normalized spacial score (nSPS) is 24.8. The molecule has 0 bridgehead atoms. The van der Waals surface area contributed by atoms with E-state index in [1.165, 1.54) is 32.9 Å². The Morgan fingerprint density at radius 3 is 2.58 bits per heavy atom. The minimum absolute atomic E-state index is 0.0266. The molecule has 0 aromatic heterocycles. The van der Waals surface area contributed by atoms with Crippen LogP contribution >= 0.6 is 0 Å². The molecule has 168 valence electrons. The molecule has 1 saturated heterocycles. The quantitative estimate of drug-likeness (QED) is 0.532. The van der Waals surface area contributed by atoms with E-state index in [-0.39, 0.29) is 24.2 Å². The number of carbonyl (C=O) groups is 3. The van der Waals surface area contributed by atoms with Crippen LogP contribution in [-0.2, 0) is 30.2 Å². The van der Waals surface area contributed by atoms with Gasteiger partial charge in [0.15, 0.2) is 0 Å². The van der Waals surface area contributed by atoms with Crippen LogP contribution in [0.1, 0.15) is 56.5 Å². The second kappa shape index (κ2) is 7.87. The fourth-order valence-corrected chi connectivity index (χ4v) is 3.67. The van der Waals surface area contributed by atoms with Crippen LogP contribution in [0.4, 0.5) is 8.78 Å². The monoisotopic (exact) mass is 440 g/mol. The Hall–Kier alpha value is -2.53. The van der Waals surface area contributed by atoms with Crippen molar-refractivity contribution in [2.75, 3.05) is 0 Å². The van der Waals surface area contributed by atoms with Gasteiger partial charge in [0.05, 0.1) is 6.42 Å². The van der Waals surface area contributed by atoms with Crippen LogP contribution in [0.15, 0.2) is 18.2 Å². The average molecular weight is 440 g/mol. The topological polar surface area (TPSA) is 108 Å². The number of halogens is 2. The predicted octanol–water partition coefficient (Wildman–Crippen LogP) is 2.66. The minimum Gasteiger partial charge on any atom is -0.535 e. The molecule has 0 amide bonds. The predicted molar refractivity (Wildman–Crippen MR) is 102 cm³/mol. The van der Waals surface area contributed by atoms with Gasteiger partial charge in [-0.15, -0.1) is 0 Å². The summed E-state index contributed by atoms with van der Waals surface area (Å²) in [4.78, 5) is 36.7. The molecule has 2 aliphatic heterocycles. The minimum atomic E-state index is -3.14. The molecule has 1 unspecified atom stereocenters. The lowest BCUT2D eigenvalue weighted by Crippen LogP contribution is -2.40. The number of ketones is 1. The van der Waals surface area contributed by atoms with E-state index in [0.717, 1.165) is 0 Å². The number of hydrogen-bond acceptors (Lipinski definition) is 8. The van der Waals surface area contributed by atoms with Gasteiger partial charge in [-0.2, -0.15) is 0 Å². The number of fused-ring (bicyclic) bond motifs is 1. The molecule has 0 saturated carbocycles. The van der Waals surface area contributed by atoms with Crippen molar-refractivity contribution in [3.05, 3.63) is 29.3 Å². The largest absolute Gasteiger partial charge is 0.535 e. The number of carbonyl (C=O) groups excluding carboxylic acids is 3. The highest BCUT2D eigenvalue weighted by Gasteiger charge is 2.54. The lowest BCUT2D eigenvalue weighted by Gasteiger charge is -2.29. The summed E-state index contributed by atoms with van der Waals surface area (Å²) in [5.74, 6) is -9.61. The number of cyclic esters (lactones) is 1. The van der Waals surface area contributed by atoms with Crippen LogP contribution in [0.25, 0.3) is 0 Å². The first-order valence-electron chi connectivity index (χ1n) is 9.72. The van der Waals surface area contributed by atoms with E-state index in [1.807, 2.05) is 0 Å². The van der Waals surface area contributed by atoms with E-state index in [4.69, 9.17) is 18.9 Å². The van der Waals surface area contributed by atoms with Crippen LogP contribution in [0, 0.1) is 0 Å². The Labute approximate surface area is 177 Å². The summed E-state index contributed by atoms with van der Waals surface area (Å²) in [5.41, 5.74) is 0.421.